The molecule has 2 heterocycles. The number of benzene rings is 1. The van der Waals surface area contributed by atoms with Gasteiger partial charge in [0.05, 0.1) is 11.0 Å². The molecule has 0 spiro atoms. The van der Waals surface area contributed by atoms with Crippen LogP contribution in [-0.4, -0.2) is 9.55 Å². The molecule has 0 bridgehead atoms. The first kappa shape index (κ1) is 7.21. The van der Waals surface area contributed by atoms with Crippen LogP contribution in [0.25, 0.3) is 17.1 Å². The first-order chi connectivity index (χ1) is 6.36. The molecule has 0 amide bonds. The number of rotatable bonds is 0. The maximum Gasteiger partial charge on any atom is 0.166 e. The van der Waals surface area contributed by atoms with Crippen LogP contribution in [0.1, 0.15) is 5.56 Å². The fraction of sp³-hybridized carbons (Fsp3) is 0.100. The summed E-state index contributed by atoms with van der Waals surface area (Å²) in [6.45, 7) is 0.881. The maximum atomic E-state index is 4.37. The minimum Gasteiger partial charge on any atom is -0.315 e. The van der Waals surface area contributed by atoms with Gasteiger partial charge in [-0.3, -0.25) is 0 Å². The van der Waals surface area contributed by atoms with Gasteiger partial charge in [-0.1, -0.05) is 24.3 Å². The van der Waals surface area contributed by atoms with E-state index in [0.717, 1.165) is 17.2 Å². The summed E-state index contributed by atoms with van der Waals surface area (Å²) in [7, 11) is 0. The Kier molecular flexibility index (Phi) is 1.32. The van der Waals surface area contributed by atoms with Gasteiger partial charge in [0.25, 0.3) is 0 Å². The Balaban J connectivity index is 2.56. The molecular weight excluding hydrogens is 180 g/mol. The van der Waals surface area contributed by atoms with E-state index in [1.165, 1.54) is 11.1 Å². The summed E-state index contributed by atoms with van der Waals surface area (Å²) < 4.78 is 2.12. The molecular formula is C10H8N2S. The third-order valence-corrected chi connectivity index (χ3v) is 2.70. The summed E-state index contributed by atoms with van der Waals surface area (Å²) in [5.41, 5.74) is 3.47. The molecule has 0 atom stereocenters. The molecule has 0 saturated carbocycles. The van der Waals surface area contributed by atoms with Gasteiger partial charge in [0.2, 0.25) is 0 Å². The second kappa shape index (κ2) is 2.39. The zero-order valence-electron chi connectivity index (χ0n) is 6.94. The van der Waals surface area contributed by atoms with Crippen molar-refractivity contribution in [1.82, 2.24) is 9.55 Å². The van der Waals surface area contributed by atoms with Gasteiger partial charge in [-0.2, -0.15) is 0 Å². The van der Waals surface area contributed by atoms with Gasteiger partial charge in [-0.25, -0.2) is 4.98 Å². The van der Waals surface area contributed by atoms with Gasteiger partial charge in [0.15, 0.2) is 5.16 Å². The second-order valence-corrected chi connectivity index (χ2v) is 3.54. The van der Waals surface area contributed by atoms with E-state index >= 15 is 0 Å². The van der Waals surface area contributed by atoms with Crippen molar-refractivity contribution >= 4 is 29.7 Å². The molecule has 1 aliphatic heterocycles. The van der Waals surface area contributed by atoms with E-state index in [9.17, 15) is 0 Å². The Bertz CT molecular complexity index is 511. The highest BCUT2D eigenvalue weighted by Gasteiger charge is 2.11. The van der Waals surface area contributed by atoms with Crippen molar-refractivity contribution in [2.24, 2.45) is 0 Å². The van der Waals surface area contributed by atoms with Gasteiger partial charge in [0, 0.05) is 12.1 Å². The van der Waals surface area contributed by atoms with Crippen LogP contribution in [0.3, 0.4) is 0 Å². The molecule has 0 aliphatic carbocycles. The topological polar surface area (TPSA) is 17.8 Å². The first-order valence-electron chi connectivity index (χ1n) is 4.21. The molecule has 0 radical (unpaired) electrons. The van der Waals surface area contributed by atoms with Crippen LogP contribution in [0, 0.1) is 0 Å². The Morgan fingerprint density at radius 1 is 1.38 bits per heavy atom. The first-order valence-corrected chi connectivity index (χ1v) is 4.66. The van der Waals surface area contributed by atoms with Gasteiger partial charge in [0.1, 0.15) is 0 Å². The van der Waals surface area contributed by atoms with E-state index in [1.54, 1.807) is 0 Å². The van der Waals surface area contributed by atoms with Crippen LogP contribution in [0.2, 0.25) is 0 Å². The number of thiol groups is 1. The van der Waals surface area contributed by atoms with Crippen molar-refractivity contribution in [1.29, 1.82) is 0 Å². The van der Waals surface area contributed by atoms with E-state index in [2.05, 4.69) is 40.4 Å². The van der Waals surface area contributed by atoms with Gasteiger partial charge in [-0.15, -0.1) is 12.6 Å². The SMILES string of the molecule is Sc1nc2cccc3c2n1CC=C3. The highest BCUT2D eigenvalue weighted by Crippen LogP contribution is 2.26. The summed E-state index contributed by atoms with van der Waals surface area (Å²) in [6.07, 6.45) is 4.26. The second-order valence-electron chi connectivity index (χ2n) is 3.14. The lowest BCUT2D eigenvalue weighted by Gasteiger charge is -2.09. The third-order valence-electron chi connectivity index (χ3n) is 2.36. The zero-order chi connectivity index (χ0) is 8.84. The van der Waals surface area contributed by atoms with Gasteiger partial charge in [-0.05, 0) is 6.07 Å². The summed E-state index contributed by atoms with van der Waals surface area (Å²) in [6, 6.07) is 6.15. The summed E-state index contributed by atoms with van der Waals surface area (Å²) >= 11 is 4.34. The monoisotopic (exact) mass is 188 g/mol. The predicted octanol–water partition coefficient (Wildman–Crippen LogP) is 2.35. The molecule has 64 valence electrons. The molecule has 3 rings (SSSR count). The molecule has 0 saturated heterocycles. The lowest BCUT2D eigenvalue weighted by atomic mass is 10.1. The number of allylic oxidation sites excluding steroid dienone is 1. The van der Waals surface area contributed by atoms with Crippen LogP contribution in [0.5, 0.6) is 0 Å². The summed E-state index contributed by atoms with van der Waals surface area (Å²) in [5.74, 6) is 0. The number of imidazole rings is 1. The molecule has 1 aromatic heterocycles. The van der Waals surface area contributed by atoms with E-state index in [0.29, 0.717) is 0 Å². The number of para-hydroxylation sites is 1. The number of aromatic nitrogens is 2. The molecule has 0 fully saturated rings. The van der Waals surface area contributed by atoms with Crippen molar-refractivity contribution in [3.63, 3.8) is 0 Å². The quantitative estimate of drug-likeness (QED) is 0.628. The highest BCUT2D eigenvalue weighted by atomic mass is 32.1. The van der Waals surface area contributed by atoms with Crippen molar-refractivity contribution in [3.05, 3.63) is 29.8 Å². The number of nitrogens with zero attached hydrogens (tertiary/aromatic N) is 2. The number of hydrogen-bond acceptors (Lipinski definition) is 2. The predicted molar refractivity (Wildman–Crippen MR) is 56.0 cm³/mol. The normalized spacial score (nSPS) is 13.9. The molecule has 2 aromatic rings. The average molecular weight is 188 g/mol. The molecule has 0 unspecified atom stereocenters. The third kappa shape index (κ3) is 0.877. The molecule has 1 aliphatic rings. The van der Waals surface area contributed by atoms with Crippen LogP contribution < -0.4 is 0 Å². The molecule has 2 nitrogen and oxygen atoms in total. The molecule has 0 N–H and O–H groups in total. The van der Waals surface area contributed by atoms with E-state index in [1.807, 2.05) is 12.1 Å². The zero-order valence-corrected chi connectivity index (χ0v) is 7.83. The fourth-order valence-electron chi connectivity index (χ4n) is 1.79. The van der Waals surface area contributed by atoms with Crippen LogP contribution in [0.15, 0.2) is 29.4 Å². The Hall–Kier alpha value is -1.22. The summed E-state index contributed by atoms with van der Waals surface area (Å²) in [5, 5.41) is 0.798. The van der Waals surface area contributed by atoms with E-state index in [4.69, 9.17) is 0 Å². The molecule has 1 aromatic carbocycles. The minimum atomic E-state index is 0.798. The van der Waals surface area contributed by atoms with Crippen LogP contribution in [0.4, 0.5) is 0 Å². The molecule has 3 heteroatoms. The van der Waals surface area contributed by atoms with Gasteiger partial charge < -0.3 is 4.57 Å². The largest absolute Gasteiger partial charge is 0.315 e. The van der Waals surface area contributed by atoms with Crippen molar-refractivity contribution < 1.29 is 0 Å². The maximum absolute atomic E-state index is 4.37. The molecule has 13 heavy (non-hydrogen) atoms. The van der Waals surface area contributed by atoms with E-state index in [-0.39, 0.29) is 0 Å². The summed E-state index contributed by atoms with van der Waals surface area (Å²) in [4.78, 5) is 4.37. The van der Waals surface area contributed by atoms with Gasteiger partial charge >= 0.3 is 0 Å². The van der Waals surface area contributed by atoms with Crippen molar-refractivity contribution in [2.45, 2.75) is 11.7 Å². The highest BCUT2D eigenvalue weighted by molar-refractivity contribution is 7.80. The lowest BCUT2D eigenvalue weighted by Crippen LogP contribution is -2.00. The Labute approximate surface area is 81.3 Å². The smallest absolute Gasteiger partial charge is 0.166 e. The van der Waals surface area contributed by atoms with E-state index < -0.39 is 0 Å². The fourth-order valence-corrected chi connectivity index (χ4v) is 2.08. The number of hydrogen-bond donors (Lipinski definition) is 1. The Morgan fingerprint density at radius 2 is 2.31 bits per heavy atom. The van der Waals surface area contributed by atoms with Crippen molar-refractivity contribution in [3.8, 4) is 0 Å². The van der Waals surface area contributed by atoms with Crippen LogP contribution in [-0.2, 0) is 6.54 Å². The van der Waals surface area contributed by atoms with Crippen LogP contribution >= 0.6 is 12.6 Å². The lowest BCUT2D eigenvalue weighted by molar-refractivity contribution is 0.747. The Morgan fingerprint density at radius 3 is 3.23 bits per heavy atom. The standard InChI is InChI=1S/C10H8N2S/c13-10-11-8-5-1-3-7-4-2-6-12(10)9(7)8/h1-5H,6H2,(H,11,13). The van der Waals surface area contributed by atoms with Crippen molar-refractivity contribution in [2.75, 3.05) is 0 Å². The minimum absolute atomic E-state index is 0.798. The average Bonchev–Trinajstić information content (AvgIpc) is 2.47.